The van der Waals surface area contributed by atoms with Crippen LogP contribution in [0.3, 0.4) is 0 Å². The van der Waals surface area contributed by atoms with Crippen LogP contribution in [0.2, 0.25) is 0 Å². The standard InChI is InChI=1S/C18H14F3N3O2/c1-2-15(25)22-14-9-10(7-8-13(14)18(19,20)21)16-11-5-3-4-6-12(11)17(26)24-23-16/h3-9H,2H2,1H3,(H,22,25)(H,24,26). The van der Waals surface area contributed by atoms with E-state index in [0.717, 1.165) is 6.07 Å². The lowest BCUT2D eigenvalue weighted by molar-refractivity contribution is -0.137. The average molecular weight is 361 g/mol. The van der Waals surface area contributed by atoms with Crippen molar-refractivity contribution in [3.63, 3.8) is 0 Å². The highest BCUT2D eigenvalue weighted by Gasteiger charge is 2.34. The Hall–Kier alpha value is -3.16. The number of nitrogens with zero attached hydrogens (tertiary/aromatic N) is 1. The number of alkyl halides is 3. The van der Waals surface area contributed by atoms with E-state index < -0.39 is 23.2 Å². The first-order chi connectivity index (χ1) is 12.3. The van der Waals surface area contributed by atoms with Crippen molar-refractivity contribution in [2.24, 2.45) is 0 Å². The van der Waals surface area contributed by atoms with Crippen LogP contribution in [0, 0.1) is 0 Å². The summed E-state index contributed by atoms with van der Waals surface area (Å²) in [6.07, 6.45) is -4.57. The zero-order valence-electron chi connectivity index (χ0n) is 13.6. The molecule has 134 valence electrons. The summed E-state index contributed by atoms with van der Waals surface area (Å²) in [4.78, 5) is 23.5. The highest BCUT2D eigenvalue weighted by molar-refractivity contribution is 5.96. The van der Waals surface area contributed by atoms with E-state index >= 15 is 0 Å². The molecule has 5 nitrogen and oxygen atoms in total. The molecule has 8 heteroatoms. The molecule has 2 N–H and O–H groups in total. The van der Waals surface area contributed by atoms with E-state index in [2.05, 4.69) is 15.5 Å². The van der Waals surface area contributed by atoms with Gasteiger partial charge in [-0.15, -0.1) is 0 Å². The molecule has 0 aliphatic rings. The van der Waals surface area contributed by atoms with Crippen LogP contribution >= 0.6 is 0 Å². The summed E-state index contributed by atoms with van der Waals surface area (Å²) >= 11 is 0. The normalized spacial score (nSPS) is 11.5. The van der Waals surface area contributed by atoms with Gasteiger partial charge in [-0.25, -0.2) is 5.10 Å². The van der Waals surface area contributed by atoms with Crippen molar-refractivity contribution in [2.75, 3.05) is 5.32 Å². The summed E-state index contributed by atoms with van der Waals surface area (Å²) in [5, 5.41) is 9.47. The monoisotopic (exact) mass is 361 g/mol. The Kier molecular flexibility index (Phi) is 4.50. The van der Waals surface area contributed by atoms with Gasteiger partial charge in [0.15, 0.2) is 0 Å². The second kappa shape index (κ2) is 6.62. The minimum atomic E-state index is -4.62. The van der Waals surface area contributed by atoms with E-state index in [1.165, 1.54) is 12.1 Å². The van der Waals surface area contributed by atoms with Gasteiger partial charge in [-0.2, -0.15) is 18.3 Å². The molecule has 0 spiro atoms. The number of nitrogens with one attached hydrogen (secondary N) is 2. The van der Waals surface area contributed by atoms with Crippen LogP contribution in [-0.2, 0) is 11.0 Å². The molecule has 0 aliphatic carbocycles. The first-order valence-corrected chi connectivity index (χ1v) is 7.80. The van der Waals surface area contributed by atoms with Gasteiger partial charge in [0.05, 0.1) is 22.3 Å². The molecule has 0 atom stereocenters. The van der Waals surface area contributed by atoms with Gasteiger partial charge in [0.2, 0.25) is 5.91 Å². The van der Waals surface area contributed by atoms with Crippen LogP contribution in [0.4, 0.5) is 18.9 Å². The van der Waals surface area contributed by atoms with Crippen molar-refractivity contribution >= 4 is 22.4 Å². The molecule has 3 rings (SSSR count). The molecule has 0 unspecified atom stereocenters. The molecular weight excluding hydrogens is 347 g/mol. The number of hydrogen-bond donors (Lipinski definition) is 2. The van der Waals surface area contributed by atoms with E-state index in [1.54, 1.807) is 31.2 Å². The van der Waals surface area contributed by atoms with Crippen molar-refractivity contribution in [1.29, 1.82) is 0 Å². The van der Waals surface area contributed by atoms with Crippen LogP contribution in [0.15, 0.2) is 47.3 Å². The van der Waals surface area contributed by atoms with Crippen LogP contribution in [0.1, 0.15) is 18.9 Å². The van der Waals surface area contributed by atoms with Crippen molar-refractivity contribution in [1.82, 2.24) is 10.2 Å². The maximum Gasteiger partial charge on any atom is 0.418 e. The Morgan fingerprint density at radius 1 is 1.15 bits per heavy atom. The predicted octanol–water partition coefficient (Wildman–Crippen LogP) is 3.96. The number of rotatable bonds is 3. The summed E-state index contributed by atoms with van der Waals surface area (Å²) in [6.45, 7) is 1.55. The van der Waals surface area contributed by atoms with Crippen molar-refractivity contribution in [2.45, 2.75) is 19.5 Å². The fourth-order valence-electron chi connectivity index (χ4n) is 2.62. The first kappa shape index (κ1) is 17.7. The van der Waals surface area contributed by atoms with Gasteiger partial charge in [0.25, 0.3) is 5.56 Å². The maximum atomic E-state index is 13.2. The minimum absolute atomic E-state index is 0.0430. The fourth-order valence-corrected chi connectivity index (χ4v) is 2.62. The van der Waals surface area contributed by atoms with E-state index in [9.17, 15) is 22.8 Å². The van der Waals surface area contributed by atoms with Crippen molar-refractivity contribution < 1.29 is 18.0 Å². The average Bonchev–Trinajstić information content (AvgIpc) is 2.61. The molecule has 1 aromatic heterocycles. The van der Waals surface area contributed by atoms with E-state index in [-0.39, 0.29) is 12.1 Å². The highest BCUT2D eigenvalue weighted by Crippen LogP contribution is 2.37. The predicted molar refractivity (Wildman–Crippen MR) is 91.7 cm³/mol. The Balaban J connectivity index is 2.21. The number of hydrogen-bond acceptors (Lipinski definition) is 3. The van der Waals surface area contributed by atoms with Gasteiger partial charge in [-0.3, -0.25) is 9.59 Å². The molecular formula is C18H14F3N3O2. The van der Waals surface area contributed by atoms with Gasteiger partial charge in [0, 0.05) is 17.4 Å². The minimum Gasteiger partial charge on any atom is -0.325 e. The van der Waals surface area contributed by atoms with E-state index in [4.69, 9.17) is 0 Å². The fraction of sp³-hybridized carbons (Fsp3) is 0.167. The van der Waals surface area contributed by atoms with E-state index in [0.29, 0.717) is 22.0 Å². The van der Waals surface area contributed by atoms with Crippen molar-refractivity contribution in [3.8, 4) is 11.3 Å². The molecule has 0 bridgehead atoms. The van der Waals surface area contributed by atoms with E-state index in [1.807, 2.05) is 0 Å². The highest BCUT2D eigenvalue weighted by atomic mass is 19.4. The Bertz CT molecular complexity index is 1040. The first-order valence-electron chi connectivity index (χ1n) is 7.80. The number of amides is 1. The number of halogens is 3. The Morgan fingerprint density at radius 3 is 2.50 bits per heavy atom. The molecule has 0 fully saturated rings. The third-order valence-electron chi connectivity index (χ3n) is 3.89. The molecule has 0 saturated carbocycles. The molecule has 0 saturated heterocycles. The Labute approximate surface area is 145 Å². The molecule has 0 aliphatic heterocycles. The summed E-state index contributed by atoms with van der Waals surface area (Å²) < 4.78 is 39.7. The second-order valence-electron chi connectivity index (χ2n) is 5.61. The number of fused-ring (bicyclic) bond motifs is 1. The van der Waals surface area contributed by atoms with Gasteiger partial charge >= 0.3 is 6.18 Å². The maximum absolute atomic E-state index is 13.2. The lowest BCUT2D eigenvalue weighted by Crippen LogP contribution is -2.16. The number of aromatic amines is 1. The molecule has 3 aromatic rings. The molecule has 2 aromatic carbocycles. The third-order valence-corrected chi connectivity index (χ3v) is 3.89. The van der Waals surface area contributed by atoms with Gasteiger partial charge in [-0.1, -0.05) is 31.2 Å². The second-order valence-corrected chi connectivity index (χ2v) is 5.61. The molecule has 26 heavy (non-hydrogen) atoms. The zero-order valence-corrected chi connectivity index (χ0v) is 13.6. The van der Waals surface area contributed by atoms with Crippen molar-refractivity contribution in [3.05, 3.63) is 58.4 Å². The number of benzene rings is 2. The van der Waals surface area contributed by atoms with Crippen LogP contribution in [-0.4, -0.2) is 16.1 Å². The quantitative estimate of drug-likeness (QED) is 0.742. The smallest absolute Gasteiger partial charge is 0.325 e. The van der Waals surface area contributed by atoms with Crippen LogP contribution in [0.25, 0.3) is 22.0 Å². The number of anilines is 1. The number of H-pyrrole nitrogens is 1. The Morgan fingerprint density at radius 2 is 1.85 bits per heavy atom. The summed E-state index contributed by atoms with van der Waals surface area (Å²) in [5.41, 5.74) is -1.02. The molecule has 1 amide bonds. The molecule has 1 heterocycles. The lowest BCUT2D eigenvalue weighted by atomic mass is 10.0. The largest absolute Gasteiger partial charge is 0.418 e. The van der Waals surface area contributed by atoms with Gasteiger partial charge < -0.3 is 5.32 Å². The summed E-state index contributed by atoms with van der Waals surface area (Å²) in [7, 11) is 0. The van der Waals surface area contributed by atoms with Crippen LogP contribution in [0.5, 0.6) is 0 Å². The topological polar surface area (TPSA) is 74.8 Å². The summed E-state index contributed by atoms with van der Waals surface area (Å²) in [6, 6.07) is 10.0. The van der Waals surface area contributed by atoms with Crippen LogP contribution < -0.4 is 10.9 Å². The third kappa shape index (κ3) is 3.30. The number of carbonyl (C=O) groups excluding carboxylic acids is 1. The summed E-state index contributed by atoms with van der Waals surface area (Å²) in [5.74, 6) is -0.535. The lowest BCUT2D eigenvalue weighted by Gasteiger charge is -2.15. The van der Waals surface area contributed by atoms with Gasteiger partial charge in [-0.05, 0) is 18.2 Å². The zero-order chi connectivity index (χ0) is 18.9. The number of carbonyl (C=O) groups is 1. The SMILES string of the molecule is CCC(=O)Nc1cc(-c2n[nH]c(=O)c3ccccc23)ccc1C(F)(F)F. The molecule has 0 radical (unpaired) electrons. The van der Waals surface area contributed by atoms with Gasteiger partial charge in [0.1, 0.15) is 0 Å². The number of aromatic nitrogens is 2.